The van der Waals surface area contributed by atoms with E-state index in [1.54, 1.807) is 17.0 Å². The predicted octanol–water partition coefficient (Wildman–Crippen LogP) is 1.05. The van der Waals surface area contributed by atoms with Crippen LogP contribution in [0.4, 0.5) is 5.69 Å². The maximum Gasteiger partial charge on any atom is 0.249 e. The van der Waals surface area contributed by atoms with Crippen LogP contribution < -0.4 is 19.7 Å². The molecule has 0 spiro atoms. The summed E-state index contributed by atoms with van der Waals surface area (Å²) in [5.41, 5.74) is 0.756. The van der Waals surface area contributed by atoms with E-state index in [4.69, 9.17) is 9.47 Å². The lowest BCUT2D eigenvalue weighted by Gasteiger charge is -2.24. The summed E-state index contributed by atoms with van der Waals surface area (Å²) in [5, 5.41) is 2.86. The third-order valence-electron chi connectivity index (χ3n) is 4.17. The second-order valence-corrected chi connectivity index (χ2v) is 5.66. The zero-order valence-electron chi connectivity index (χ0n) is 11.5. The number of anilines is 1. The van der Waals surface area contributed by atoms with Crippen LogP contribution in [-0.4, -0.2) is 31.2 Å². The summed E-state index contributed by atoms with van der Waals surface area (Å²) in [4.78, 5) is 26.2. The molecule has 1 aromatic carbocycles. The molecular formula is C15H16N2O4. The normalized spacial score (nSPS) is 24.8. The monoisotopic (exact) mass is 288 g/mol. The average molecular weight is 288 g/mol. The highest BCUT2D eigenvalue weighted by Crippen LogP contribution is 2.38. The molecule has 2 fully saturated rings. The van der Waals surface area contributed by atoms with Crippen molar-refractivity contribution >= 4 is 17.5 Å². The molecule has 6 heteroatoms. The minimum Gasteiger partial charge on any atom is -0.454 e. The summed E-state index contributed by atoms with van der Waals surface area (Å²) < 4.78 is 10.6. The van der Waals surface area contributed by atoms with E-state index in [2.05, 4.69) is 5.32 Å². The first kappa shape index (κ1) is 12.5. The maximum absolute atomic E-state index is 12.7. The quantitative estimate of drug-likeness (QED) is 0.883. The van der Waals surface area contributed by atoms with E-state index in [0.717, 1.165) is 18.5 Å². The van der Waals surface area contributed by atoms with Crippen molar-refractivity contribution in [3.8, 4) is 11.5 Å². The number of rotatable bonds is 2. The van der Waals surface area contributed by atoms with Crippen LogP contribution in [0.2, 0.25) is 0 Å². The molecule has 0 bridgehead atoms. The van der Waals surface area contributed by atoms with Crippen LogP contribution in [0.3, 0.4) is 0 Å². The summed E-state index contributed by atoms with van der Waals surface area (Å²) in [6, 6.07) is 5.06. The molecule has 1 saturated carbocycles. The number of amides is 2. The fraction of sp³-hybridized carbons (Fsp3) is 0.467. The zero-order valence-corrected chi connectivity index (χ0v) is 11.5. The predicted molar refractivity (Wildman–Crippen MR) is 74.2 cm³/mol. The Labute approximate surface area is 122 Å². The van der Waals surface area contributed by atoms with E-state index in [1.165, 1.54) is 0 Å². The third kappa shape index (κ3) is 2.20. The van der Waals surface area contributed by atoms with Crippen molar-refractivity contribution in [1.29, 1.82) is 0 Å². The summed E-state index contributed by atoms with van der Waals surface area (Å²) >= 11 is 0. The highest BCUT2D eigenvalue weighted by atomic mass is 16.7. The number of nitrogens with one attached hydrogen (secondary N) is 1. The molecule has 1 saturated heterocycles. The van der Waals surface area contributed by atoms with Gasteiger partial charge in [0.25, 0.3) is 0 Å². The van der Waals surface area contributed by atoms with Gasteiger partial charge in [0, 0.05) is 24.7 Å². The summed E-state index contributed by atoms with van der Waals surface area (Å²) in [6.45, 7) is 0.602. The molecule has 0 aromatic heterocycles. The molecule has 3 aliphatic rings. The van der Waals surface area contributed by atoms with E-state index in [1.807, 2.05) is 6.07 Å². The van der Waals surface area contributed by atoms with Crippen LogP contribution in [0.5, 0.6) is 11.5 Å². The van der Waals surface area contributed by atoms with Crippen molar-refractivity contribution in [3.63, 3.8) is 0 Å². The van der Waals surface area contributed by atoms with Gasteiger partial charge in [0.05, 0.1) is 0 Å². The van der Waals surface area contributed by atoms with Gasteiger partial charge in [-0.25, -0.2) is 0 Å². The van der Waals surface area contributed by atoms with Crippen LogP contribution in [0.25, 0.3) is 0 Å². The number of nitrogens with zero attached hydrogens (tertiary/aromatic N) is 1. The van der Waals surface area contributed by atoms with Gasteiger partial charge in [-0.05, 0) is 30.9 Å². The number of fused-ring (bicyclic) bond motifs is 1. The van der Waals surface area contributed by atoms with Crippen molar-refractivity contribution in [3.05, 3.63) is 18.2 Å². The fourth-order valence-electron chi connectivity index (χ4n) is 2.86. The van der Waals surface area contributed by atoms with Crippen LogP contribution in [0.15, 0.2) is 18.2 Å². The molecule has 1 unspecified atom stereocenters. The van der Waals surface area contributed by atoms with E-state index < -0.39 is 0 Å². The molecule has 4 rings (SSSR count). The van der Waals surface area contributed by atoms with E-state index >= 15 is 0 Å². The number of benzene rings is 1. The maximum atomic E-state index is 12.7. The summed E-state index contributed by atoms with van der Waals surface area (Å²) in [5.74, 6) is 1.54. The molecule has 2 amide bonds. The standard InChI is InChI=1S/C15H16N2O4/c18-13-5-6-17(15(19)14(16-13)9-1-2-9)10-3-4-11-12(7-10)21-8-20-11/h3-4,7,9,14H,1-2,5-6,8H2,(H,16,18). The van der Waals surface area contributed by atoms with Gasteiger partial charge in [-0.15, -0.1) is 0 Å². The Morgan fingerprint density at radius 3 is 2.76 bits per heavy atom. The van der Waals surface area contributed by atoms with Gasteiger partial charge in [0.2, 0.25) is 18.6 Å². The number of carbonyl (C=O) groups excluding carboxylic acids is 2. The van der Waals surface area contributed by atoms with E-state index in [0.29, 0.717) is 24.5 Å². The minimum atomic E-state index is -0.384. The van der Waals surface area contributed by atoms with Crippen molar-refractivity contribution in [2.24, 2.45) is 5.92 Å². The summed E-state index contributed by atoms with van der Waals surface area (Å²) in [6.07, 6.45) is 2.33. The molecule has 21 heavy (non-hydrogen) atoms. The first-order chi connectivity index (χ1) is 10.2. The van der Waals surface area contributed by atoms with Gasteiger partial charge < -0.3 is 19.7 Å². The molecular weight excluding hydrogens is 272 g/mol. The van der Waals surface area contributed by atoms with Gasteiger partial charge in [-0.2, -0.15) is 0 Å². The first-order valence-corrected chi connectivity index (χ1v) is 7.23. The van der Waals surface area contributed by atoms with Crippen molar-refractivity contribution in [2.75, 3.05) is 18.2 Å². The van der Waals surface area contributed by atoms with Crippen LogP contribution in [0.1, 0.15) is 19.3 Å². The number of hydrogen-bond donors (Lipinski definition) is 1. The Bertz CT molecular complexity index is 612. The van der Waals surface area contributed by atoms with Gasteiger partial charge in [0.15, 0.2) is 11.5 Å². The molecule has 0 radical (unpaired) electrons. The lowest BCUT2D eigenvalue weighted by atomic mass is 10.1. The average Bonchev–Trinajstić information content (AvgIpc) is 3.23. The molecule has 1 aliphatic carbocycles. The lowest BCUT2D eigenvalue weighted by Crippen LogP contribution is -2.46. The van der Waals surface area contributed by atoms with E-state index in [-0.39, 0.29) is 30.6 Å². The molecule has 1 atom stereocenters. The molecule has 2 heterocycles. The second-order valence-electron chi connectivity index (χ2n) is 5.66. The SMILES string of the molecule is O=C1CCN(c2ccc3c(c2)OCO3)C(=O)C(C2CC2)N1. The van der Waals surface area contributed by atoms with Crippen LogP contribution in [0, 0.1) is 5.92 Å². The van der Waals surface area contributed by atoms with Gasteiger partial charge >= 0.3 is 0 Å². The Morgan fingerprint density at radius 1 is 1.14 bits per heavy atom. The van der Waals surface area contributed by atoms with Crippen LogP contribution in [-0.2, 0) is 9.59 Å². The van der Waals surface area contributed by atoms with Crippen molar-refractivity contribution < 1.29 is 19.1 Å². The Kier molecular flexibility index (Phi) is 2.77. The molecule has 1 N–H and O–H groups in total. The van der Waals surface area contributed by atoms with Gasteiger partial charge in [-0.3, -0.25) is 9.59 Å². The smallest absolute Gasteiger partial charge is 0.249 e. The van der Waals surface area contributed by atoms with E-state index in [9.17, 15) is 9.59 Å². The molecule has 2 aliphatic heterocycles. The Balaban J connectivity index is 1.65. The fourth-order valence-corrected chi connectivity index (χ4v) is 2.86. The van der Waals surface area contributed by atoms with Gasteiger partial charge in [0.1, 0.15) is 6.04 Å². The molecule has 110 valence electrons. The Morgan fingerprint density at radius 2 is 1.95 bits per heavy atom. The first-order valence-electron chi connectivity index (χ1n) is 7.23. The number of carbonyl (C=O) groups is 2. The molecule has 1 aromatic rings. The summed E-state index contributed by atoms with van der Waals surface area (Å²) in [7, 11) is 0. The van der Waals surface area contributed by atoms with Gasteiger partial charge in [-0.1, -0.05) is 0 Å². The number of hydrogen-bond acceptors (Lipinski definition) is 4. The minimum absolute atomic E-state index is 0.0257. The van der Waals surface area contributed by atoms with Crippen molar-refractivity contribution in [1.82, 2.24) is 5.32 Å². The Hall–Kier alpha value is -2.24. The lowest BCUT2D eigenvalue weighted by molar-refractivity contribution is -0.126. The van der Waals surface area contributed by atoms with Crippen molar-refractivity contribution in [2.45, 2.75) is 25.3 Å². The highest BCUT2D eigenvalue weighted by molar-refractivity contribution is 6.01. The number of ether oxygens (including phenoxy) is 2. The molecule has 6 nitrogen and oxygen atoms in total. The third-order valence-corrected chi connectivity index (χ3v) is 4.17. The second kappa shape index (κ2) is 4.65. The topological polar surface area (TPSA) is 67.9 Å². The van der Waals surface area contributed by atoms with Crippen LogP contribution >= 0.6 is 0 Å². The zero-order chi connectivity index (χ0) is 14.4. The highest BCUT2D eigenvalue weighted by Gasteiger charge is 2.41. The largest absolute Gasteiger partial charge is 0.454 e.